The van der Waals surface area contributed by atoms with Crippen LogP contribution in [0.3, 0.4) is 0 Å². The molecule has 0 bridgehead atoms. The van der Waals surface area contributed by atoms with E-state index in [1.807, 2.05) is 57.3 Å². The lowest BCUT2D eigenvalue weighted by Gasteiger charge is -2.13. The number of hydrogen-bond donors (Lipinski definition) is 3. The molecule has 0 radical (unpaired) electrons. The smallest absolute Gasteiger partial charge is 0.229 e. The van der Waals surface area contributed by atoms with Gasteiger partial charge < -0.3 is 20.4 Å². The van der Waals surface area contributed by atoms with Gasteiger partial charge in [-0.25, -0.2) is 9.97 Å². The number of nitrogens with zero attached hydrogens (tertiary/aromatic N) is 3. The molecule has 0 saturated carbocycles. The number of aromatic nitrogens is 4. The van der Waals surface area contributed by atoms with Gasteiger partial charge in [0.15, 0.2) is 0 Å². The Morgan fingerprint density at radius 1 is 0.964 bits per heavy atom. The van der Waals surface area contributed by atoms with E-state index in [0.29, 0.717) is 5.95 Å². The topological polar surface area (TPSA) is 87.8 Å². The molecule has 3 N–H and O–H groups in total. The van der Waals surface area contributed by atoms with Gasteiger partial charge in [0.05, 0.1) is 18.1 Å². The van der Waals surface area contributed by atoms with Crippen LogP contribution < -0.4 is 15.4 Å². The number of aromatic amines is 1. The Morgan fingerprint density at radius 2 is 1.82 bits per heavy atom. The Kier molecular flexibility index (Phi) is 4.57. The number of ether oxygens (including phenoxy) is 1. The van der Waals surface area contributed by atoms with E-state index in [-0.39, 0.29) is 0 Å². The second-order valence-corrected chi connectivity index (χ2v) is 6.56. The van der Waals surface area contributed by atoms with Crippen molar-refractivity contribution in [1.82, 2.24) is 19.9 Å². The zero-order valence-corrected chi connectivity index (χ0v) is 16.3. The summed E-state index contributed by atoms with van der Waals surface area (Å²) in [5, 5.41) is 6.33. The molecule has 142 valence electrons. The normalized spacial score (nSPS) is 10.9. The van der Waals surface area contributed by atoms with Crippen molar-refractivity contribution < 1.29 is 4.74 Å². The predicted molar refractivity (Wildman–Crippen MR) is 112 cm³/mol. The lowest BCUT2D eigenvalue weighted by molar-refractivity contribution is 0.416. The number of H-pyrrole nitrogens is 1. The minimum absolute atomic E-state index is 0.542. The summed E-state index contributed by atoms with van der Waals surface area (Å²) in [4.78, 5) is 16.7. The van der Waals surface area contributed by atoms with Crippen molar-refractivity contribution in [2.24, 2.45) is 0 Å². The van der Waals surface area contributed by atoms with Crippen LogP contribution in [-0.4, -0.2) is 34.1 Å². The van der Waals surface area contributed by atoms with Crippen molar-refractivity contribution in [3.05, 3.63) is 54.0 Å². The molecule has 2 aromatic heterocycles. The zero-order chi connectivity index (χ0) is 19.7. The summed E-state index contributed by atoms with van der Waals surface area (Å²) < 4.78 is 5.58. The molecule has 4 rings (SSSR count). The number of fused-ring (bicyclic) bond motifs is 1. The van der Waals surface area contributed by atoms with E-state index in [9.17, 15) is 0 Å². The van der Waals surface area contributed by atoms with Crippen LogP contribution in [0.5, 0.6) is 5.75 Å². The summed E-state index contributed by atoms with van der Waals surface area (Å²) in [6.45, 7) is 3.89. The summed E-state index contributed by atoms with van der Waals surface area (Å²) in [6.07, 6.45) is 0. The first-order chi connectivity index (χ1) is 13.6. The third-order valence-corrected chi connectivity index (χ3v) is 4.48. The fourth-order valence-corrected chi connectivity index (χ4v) is 3.20. The minimum atomic E-state index is 0.542. The van der Waals surface area contributed by atoms with Gasteiger partial charge in [-0.05, 0) is 49.7 Å². The number of nitrogens with one attached hydrogen (secondary N) is 3. The Morgan fingerprint density at radius 3 is 2.61 bits per heavy atom. The average Bonchev–Trinajstić information content (AvgIpc) is 3.06. The first-order valence-electron chi connectivity index (χ1n) is 9.01. The molecule has 0 unspecified atom stereocenters. The predicted octanol–water partition coefficient (Wildman–Crippen LogP) is 4.43. The fourth-order valence-electron chi connectivity index (χ4n) is 3.20. The molecule has 4 aromatic rings. The highest BCUT2D eigenvalue weighted by atomic mass is 16.5. The fraction of sp³-hybridized carbons (Fsp3) is 0.190. The number of rotatable bonds is 5. The van der Waals surface area contributed by atoms with Gasteiger partial charge in [-0.1, -0.05) is 6.07 Å². The molecule has 0 atom stereocenters. The molecule has 0 aliphatic heterocycles. The highest BCUT2D eigenvalue weighted by molar-refractivity contribution is 5.85. The molecule has 0 aliphatic rings. The third kappa shape index (κ3) is 3.46. The van der Waals surface area contributed by atoms with Gasteiger partial charge in [0.25, 0.3) is 0 Å². The van der Waals surface area contributed by atoms with Crippen LogP contribution in [0.4, 0.5) is 17.5 Å². The quantitative estimate of drug-likeness (QED) is 0.479. The van der Waals surface area contributed by atoms with Gasteiger partial charge in [0, 0.05) is 30.1 Å². The molecule has 2 heterocycles. The lowest BCUT2D eigenvalue weighted by Crippen LogP contribution is -2.02. The maximum atomic E-state index is 5.58. The SMILES string of the molecule is CNc1cc(C)nc(Nc2ccc(OC)c(-c3ccc4nc(C)[nH]c4c3)c2)n1. The van der Waals surface area contributed by atoms with Crippen LogP contribution >= 0.6 is 0 Å². The standard InChI is InChI=1S/C21H22N6O/c1-12-9-20(22-3)27-21(23-12)26-15-6-8-19(28-4)16(11-15)14-5-7-17-18(10-14)25-13(2)24-17/h5-11H,1-4H3,(H,24,25)(H2,22,23,26,27). The van der Waals surface area contributed by atoms with E-state index in [1.54, 1.807) is 7.11 Å². The number of methoxy groups -OCH3 is 1. The van der Waals surface area contributed by atoms with Crippen molar-refractivity contribution in [3.8, 4) is 16.9 Å². The summed E-state index contributed by atoms with van der Waals surface area (Å²) in [5.74, 6) is 3.00. The van der Waals surface area contributed by atoms with Gasteiger partial charge in [0.2, 0.25) is 5.95 Å². The molecule has 0 aliphatic carbocycles. The van der Waals surface area contributed by atoms with Crippen LogP contribution in [0, 0.1) is 13.8 Å². The van der Waals surface area contributed by atoms with Gasteiger partial charge in [-0.2, -0.15) is 4.98 Å². The number of anilines is 3. The van der Waals surface area contributed by atoms with Gasteiger partial charge in [0.1, 0.15) is 17.4 Å². The second-order valence-electron chi connectivity index (χ2n) is 6.56. The molecular formula is C21H22N6O. The first-order valence-corrected chi connectivity index (χ1v) is 9.01. The van der Waals surface area contributed by atoms with Gasteiger partial charge in [-0.3, -0.25) is 0 Å². The molecule has 0 spiro atoms. The molecule has 7 heteroatoms. The van der Waals surface area contributed by atoms with Crippen LogP contribution in [0.25, 0.3) is 22.2 Å². The van der Waals surface area contributed by atoms with E-state index in [4.69, 9.17) is 4.74 Å². The number of aryl methyl sites for hydroxylation is 2. The zero-order valence-electron chi connectivity index (χ0n) is 16.3. The van der Waals surface area contributed by atoms with Gasteiger partial charge in [-0.15, -0.1) is 0 Å². The summed E-state index contributed by atoms with van der Waals surface area (Å²) in [7, 11) is 3.51. The van der Waals surface area contributed by atoms with Crippen LogP contribution in [0.15, 0.2) is 42.5 Å². The second kappa shape index (κ2) is 7.19. The monoisotopic (exact) mass is 374 g/mol. The number of benzene rings is 2. The molecule has 0 fully saturated rings. The molecule has 2 aromatic carbocycles. The summed E-state index contributed by atoms with van der Waals surface area (Å²) in [6, 6.07) is 14.0. The van der Waals surface area contributed by atoms with Crippen molar-refractivity contribution in [1.29, 1.82) is 0 Å². The third-order valence-electron chi connectivity index (χ3n) is 4.48. The van der Waals surface area contributed by atoms with E-state index in [2.05, 4.69) is 36.6 Å². The highest BCUT2D eigenvalue weighted by Crippen LogP contribution is 2.34. The Hall–Kier alpha value is -3.61. The van der Waals surface area contributed by atoms with E-state index in [1.165, 1.54) is 0 Å². The lowest BCUT2D eigenvalue weighted by atomic mass is 10.0. The molecule has 28 heavy (non-hydrogen) atoms. The Bertz CT molecular complexity index is 1150. The molecule has 0 saturated heterocycles. The van der Waals surface area contributed by atoms with Crippen molar-refractivity contribution in [2.75, 3.05) is 24.8 Å². The Balaban J connectivity index is 1.74. The molecule has 7 nitrogen and oxygen atoms in total. The van der Waals surface area contributed by atoms with Crippen molar-refractivity contribution >= 4 is 28.5 Å². The average molecular weight is 374 g/mol. The van der Waals surface area contributed by atoms with Crippen LogP contribution in [0.1, 0.15) is 11.5 Å². The minimum Gasteiger partial charge on any atom is -0.496 e. The first kappa shape index (κ1) is 17.8. The maximum absolute atomic E-state index is 5.58. The maximum Gasteiger partial charge on any atom is 0.229 e. The van der Waals surface area contributed by atoms with E-state index >= 15 is 0 Å². The molecular weight excluding hydrogens is 352 g/mol. The van der Waals surface area contributed by atoms with Crippen molar-refractivity contribution in [2.45, 2.75) is 13.8 Å². The highest BCUT2D eigenvalue weighted by Gasteiger charge is 2.11. The number of hydrogen-bond acceptors (Lipinski definition) is 6. The van der Waals surface area contributed by atoms with Crippen molar-refractivity contribution in [3.63, 3.8) is 0 Å². The van der Waals surface area contributed by atoms with Crippen LogP contribution in [-0.2, 0) is 0 Å². The van der Waals surface area contributed by atoms with Gasteiger partial charge >= 0.3 is 0 Å². The summed E-state index contributed by atoms with van der Waals surface area (Å²) >= 11 is 0. The Labute approximate surface area is 163 Å². The van der Waals surface area contributed by atoms with E-state index in [0.717, 1.165) is 50.9 Å². The number of imidazole rings is 1. The summed E-state index contributed by atoms with van der Waals surface area (Å²) in [5.41, 5.74) is 5.72. The van der Waals surface area contributed by atoms with E-state index < -0.39 is 0 Å². The van der Waals surface area contributed by atoms with Crippen LogP contribution in [0.2, 0.25) is 0 Å². The molecule has 0 amide bonds. The largest absolute Gasteiger partial charge is 0.496 e.